The van der Waals surface area contributed by atoms with Crippen LogP contribution in [-0.2, 0) is 11.2 Å². The van der Waals surface area contributed by atoms with Crippen molar-refractivity contribution >= 4 is 27.9 Å². The quantitative estimate of drug-likeness (QED) is 0.706. The van der Waals surface area contributed by atoms with Crippen LogP contribution in [-0.4, -0.2) is 26.7 Å². The summed E-state index contributed by atoms with van der Waals surface area (Å²) in [6.45, 7) is 2.58. The summed E-state index contributed by atoms with van der Waals surface area (Å²) in [6, 6.07) is 11.8. The molecule has 0 atom stereocenters. The van der Waals surface area contributed by atoms with Gasteiger partial charge in [-0.1, -0.05) is 34.1 Å². The molecule has 1 amide bonds. The third kappa shape index (κ3) is 5.64. The standard InChI is InChI=1S/C20H22BrNO3/c1-14-4-6-16(17(21)12-14)7-9-20(23)22-11-10-15-5-8-18(24-2)19(13-15)25-3/h4-9,12-13H,10-11H2,1-3H3,(H,22,23)/b9-7+. The Kier molecular flexibility index (Phi) is 7.07. The minimum atomic E-state index is -0.118. The van der Waals surface area contributed by atoms with E-state index in [2.05, 4.69) is 21.2 Å². The zero-order valence-corrected chi connectivity index (χ0v) is 16.2. The number of nitrogens with one attached hydrogen (secondary N) is 1. The van der Waals surface area contributed by atoms with E-state index in [9.17, 15) is 4.79 Å². The van der Waals surface area contributed by atoms with Crippen molar-refractivity contribution in [2.45, 2.75) is 13.3 Å². The van der Waals surface area contributed by atoms with E-state index in [0.717, 1.165) is 15.6 Å². The zero-order chi connectivity index (χ0) is 18.2. The van der Waals surface area contributed by atoms with E-state index < -0.39 is 0 Å². The first-order chi connectivity index (χ1) is 12.0. The van der Waals surface area contributed by atoms with Crippen LogP contribution in [0.25, 0.3) is 6.08 Å². The fourth-order valence-corrected chi connectivity index (χ4v) is 2.98. The molecular weight excluding hydrogens is 382 g/mol. The van der Waals surface area contributed by atoms with Gasteiger partial charge in [0.1, 0.15) is 0 Å². The number of amides is 1. The second-order valence-corrected chi connectivity index (χ2v) is 6.44. The van der Waals surface area contributed by atoms with Crippen LogP contribution in [0.2, 0.25) is 0 Å². The van der Waals surface area contributed by atoms with Crippen LogP contribution in [0.5, 0.6) is 11.5 Å². The smallest absolute Gasteiger partial charge is 0.244 e. The Morgan fingerprint density at radius 3 is 2.56 bits per heavy atom. The van der Waals surface area contributed by atoms with E-state index in [1.165, 1.54) is 5.56 Å². The van der Waals surface area contributed by atoms with Crippen molar-refractivity contribution in [2.24, 2.45) is 0 Å². The molecular formula is C20H22BrNO3. The molecule has 0 radical (unpaired) electrons. The number of carbonyl (C=O) groups excluding carboxylic acids is 1. The molecule has 132 valence electrons. The lowest BCUT2D eigenvalue weighted by Crippen LogP contribution is -2.23. The van der Waals surface area contributed by atoms with E-state index >= 15 is 0 Å². The van der Waals surface area contributed by atoms with Crippen molar-refractivity contribution < 1.29 is 14.3 Å². The van der Waals surface area contributed by atoms with Crippen molar-refractivity contribution in [1.82, 2.24) is 5.32 Å². The third-order valence-corrected chi connectivity index (χ3v) is 4.42. The third-order valence-electron chi connectivity index (χ3n) is 3.73. The molecule has 0 saturated heterocycles. The number of methoxy groups -OCH3 is 2. The second kappa shape index (κ2) is 9.28. The first-order valence-corrected chi connectivity index (χ1v) is 8.75. The monoisotopic (exact) mass is 403 g/mol. The lowest BCUT2D eigenvalue weighted by Gasteiger charge is -2.09. The normalized spacial score (nSPS) is 10.7. The first-order valence-electron chi connectivity index (χ1n) is 7.96. The highest BCUT2D eigenvalue weighted by Gasteiger charge is 2.05. The maximum atomic E-state index is 12.0. The van der Waals surface area contributed by atoms with Crippen molar-refractivity contribution in [2.75, 3.05) is 20.8 Å². The Morgan fingerprint density at radius 1 is 1.12 bits per heavy atom. The Labute approximate surface area is 157 Å². The molecule has 4 nitrogen and oxygen atoms in total. The van der Waals surface area contributed by atoms with Gasteiger partial charge in [-0.25, -0.2) is 0 Å². The minimum Gasteiger partial charge on any atom is -0.493 e. The average molecular weight is 404 g/mol. The molecule has 2 rings (SSSR count). The highest BCUT2D eigenvalue weighted by Crippen LogP contribution is 2.27. The van der Waals surface area contributed by atoms with Gasteiger partial charge in [-0.05, 0) is 54.3 Å². The van der Waals surface area contributed by atoms with Gasteiger partial charge in [0.25, 0.3) is 0 Å². The number of hydrogen-bond acceptors (Lipinski definition) is 3. The molecule has 0 saturated carbocycles. The molecule has 0 unspecified atom stereocenters. The molecule has 0 aliphatic rings. The number of hydrogen-bond donors (Lipinski definition) is 1. The fourth-order valence-electron chi connectivity index (χ4n) is 2.36. The Hall–Kier alpha value is -2.27. The molecule has 0 aromatic heterocycles. The van der Waals surface area contributed by atoms with Gasteiger partial charge in [0.15, 0.2) is 11.5 Å². The molecule has 0 heterocycles. The molecule has 0 aliphatic carbocycles. The van der Waals surface area contributed by atoms with Gasteiger partial charge in [-0.3, -0.25) is 4.79 Å². The molecule has 25 heavy (non-hydrogen) atoms. The Bertz CT molecular complexity index is 772. The van der Waals surface area contributed by atoms with E-state index in [-0.39, 0.29) is 5.91 Å². The lowest BCUT2D eigenvalue weighted by molar-refractivity contribution is -0.116. The number of ether oxygens (including phenoxy) is 2. The van der Waals surface area contributed by atoms with E-state index in [4.69, 9.17) is 9.47 Å². The number of carbonyl (C=O) groups is 1. The summed E-state index contributed by atoms with van der Waals surface area (Å²) in [4.78, 5) is 12.0. The molecule has 0 bridgehead atoms. The van der Waals surface area contributed by atoms with Gasteiger partial charge in [-0.15, -0.1) is 0 Å². The topological polar surface area (TPSA) is 47.6 Å². The highest BCUT2D eigenvalue weighted by molar-refractivity contribution is 9.10. The molecule has 0 fully saturated rings. The van der Waals surface area contributed by atoms with Gasteiger partial charge in [0, 0.05) is 17.1 Å². The number of benzene rings is 2. The van der Waals surface area contributed by atoms with Crippen LogP contribution >= 0.6 is 15.9 Å². The molecule has 0 spiro atoms. The molecule has 1 N–H and O–H groups in total. The molecule has 2 aromatic carbocycles. The maximum absolute atomic E-state index is 12.0. The summed E-state index contributed by atoms with van der Waals surface area (Å²) in [5.74, 6) is 1.27. The summed E-state index contributed by atoms with van der Waals surface area (Å²) in [6.07, 6.45) is 4.06. The predicted octanol–water partition coefficient (Wildman–Crippen LogP) is 4.15. The fraction of sp³-hybridized carbons (Fsp3) is 0.250. The van der Waals surface area contributed by atoms with Gasteiger partial charge in [0.05, 0.1) is 14.2 Å². The van der Waals surface area contributed by atoms with Crippen molar-refractivity contribution in [1.29, 1.82) is 0 Å². The summed E-state index contributed by atoms with van der Waals surface area (Å²) >= 11 is 3.50. The van der Waals surface area contributed by atoms with E-state index in [1.807, 2.05) is 43.3 Å². The Morgan fingerprint density at radius 2 is 1.88 bits per heavy atom. The summed E-state index contributed by atoms with van der Waals surface area (Å²) in [5.41, 5.74) is 3.22. The van der Waals surface area contributed by atoms with Gasteiger partial charge < -0.3 is 14.8 Å². The highest BCUT2D eigenvalue weighted by atomic mass is 79.9. The van der Waals surface area contributed by atoms with Crippen LogP contribution in [0, 0.1) is 6.92 Å². The lowest BCUT2D eigenvalue weighted by atomic mass is 10.1. The molecule has 0 aliphatic heterocycles. The minimum absolute atomic E-state index is 0.118. The summed E-state index contributed by atoms with van der Waals surface area (Å²) in [5, 5.41) is 2.89. The van der Waals surface area contributed by atoms with Crippen LogP contribution in [0.3, 0.4) is 0 Å². The van der Waals surface area contributed by atoms with Gasteiger partial charge in [-0.2, -0.15) is 0 Å². The molecule has 2 aromatic rings. The SMILES string of the molecule is COc1ccc(CCNC(=O)/C=C/c2ccc(C)cc2Br)cc1OC. The second-order valence-electron chi connectivity index (χ2n) is 5.59. The van der Waals surface area contributed by atoms with Crippen LogP contribution in [0.15, 0.2) is 46.9 Å². The number of aryl methyl sites for hydroxylation is 1. The molecule has 5 heteroatoms. The van der Waals surface area contributed by atoms with Crippen molar-refractivity contribution in [3.05, 3.63) is 63.6 Å². The number of halogens is 1. The predicted molar refractivity (Wildman–Crippen MR) is 104 cm³/mol. The van der Waals surface area contributed by atoms with Crippen LogP contribution < -0.4 is 14.8 Å². The maximum Gasteiger partial charge on any atom is 0.244 e. The van der Waals surface area contributed by atoms with Crippen LogP contribution in [0.4, 0.5) is 0 Å². The first kappa shape index (κ1) is 19.1. The summed E-state index contributed by atoms with van der Waals surface area (Å²) < 4.78 is 11.5. The van der Waals surface area contributed by atoms with E-state index in [0.29, 0.717) is 24.5 Å². The average Bonchev–Trinajstić information content (AvgIpc) is 2.60. The summed E-state index contributed by atoms with van der Waals surface area (Å²) in [7, 11) is 3.22. The largest absolute Gasteiger partial charge is 0.493 e. The number of rotatable bonds is 7. The van der Waals surface area contributed by atoms with Gasteiger partial charge >= 0.3 is 0 Å². The van der Waals surface area contributed by atoms with Crippen LogP contribution in [0.1, 0.15) is 16.7 Å². The van der Waals surface area contributed by atoms with Crippen molar-refractivity contribution in [3.8, 4) is 11.5 Å². The zero-order valence-electron chi connectivity index (χ0n) is 14.6. The Balaban J connectivity index is 1.87. The van der Waals surface area contributed by atoms with Gasteiger partial charge in [0.2, 0.25) is 5.91 Å². The van der Waals surface area contributed by atoms with Crippen molar-refractivity contribution in [3.63, 3.8) is 0 Å². The van der Waals surface area contributed by atoms with E-state index in [1.54, 1.807) is 26.4 Å².